The minimum Gasteiger partial charge on any atom is -0.456 e. The molecule has 0 aliphatic heterocycles. The smallest absolute Gasteiger partial charge is 0.164 e. The molecule has 0 saturated carbocycles. The van der Waals surface area contributed by atoms with Crippen molar-refractivity contribution in [3.63, 3.8) is 0 Å². The lowest BCUT2D eigenvalue weighted by molar-refractivity contribution is 0.669. The molecule has 0 saturated heterocycles. The van der Waals surface area contributed by atoms with Crippen molar-refractivity contribution in [2.75, 3.05) is 0 Å². The van der Waals surface area contributed by atoms with E-state index >= 15 is 0 Å². The van der Waals surface area contributed by atoms with Crippen molar-refractivity contribution in [1.29, 1.82) is 0 Å². The molecule has 0 unspecified atom stereocenters. The molecule has 0 aliphatic rings. The summed E-state index contributed by atoms with van der Waals surface area (Å²) in [6, 6.07) is 60.3. The number of rotatable bonds is 5. The first-order valence-electron chi connectivity index (χ1n) is 19.3. The van der Waals surface area contributed by atoms with Gasteiger partial charge in [0, 0.05) is 55.4 Å². The van der Waals surface area contributed by atoms with Crippen molar-refractivity contribution in [2.24, 2.45) is 0 Å². The van der Waals surface area contributed by atoms with E-state index in [1.807, 2.05) is 79.0 Å². The summed E-state index contributed by atoms with van der Waals surface area (Å²) in [6.07, 6.45) is 1.84. The van der Waals surface area contributed by atoms with Gasteiger partial charge in [0.1, 0.15) is 22.3 Å². The Hall–Kier alpha value is -7.96. The van der Waals surface area contributed by atoms with Crippen molar-refractivity contribution < 1.29 is 8.83 Å². The van der Waals surface area contributed by atoms with Crippen LogP contribution in [0.3, 0.4) is 0 Å². The minimum atomic E-state index is 0.564. The summed E-state index contributed by atoms with van der Waals surface area (Å²) in [7, 11) is 0. The molecule has 12 aromatic rings. The molecule has 0 atom stereocenters. The highest BCUT2D eigenvalue weighted by atomic mass is 16.3. The molecular weight excluding hydrogens is 713 g/mol. The van der Waals surface area contributed by atoms with E-state index in [-0.39, 0.29) is 0 Å². The fourth-order valence-corrected chi connectivity index (χ4v) is 8.46. The average molecular weight is 743 g/mol. The molecular formula is C52H30N4O2. The Morgan fingerprint density at radius 3 is 1.83 bits per heavy atom. The monoisotopic (exact) mass is 742 g/mol. The van der Waals surface area contributed by atoms with E-state index in [1.54, 1.807) is 0 Å². The van der Waals surface area contributed by atoms with Crippen molar-refractivity contribution in [3.8, 4) is 56.4 Å². The fourth-order valence-electron chi connectivity index (χ4n) is 8.46. The van der Waals surface area contributed by atoms with Crippen LogP contribution in [-0.4, -0.2) is 19.9 Å². The molecule has 270 valence electrons. The van der Waals surface area contributed by atoms with Crippen LogP contribution in [0.15, 0.2) is 191 Å². The summed E-state index contributed by atoms with van der Waals surface area (Å²) >= 11 is 0. The Morgan fingerprint density at radius 1 is 0.345 bits per heavy atom. The van der Waals surface area contributed by atoms with Gasteiger partial charge in [0.15, 0.2) is 17.5 Å². The number of hydrogen-bond acceptors (Lipinski definition) is 6. The molecule has 0 bridgehead atoms. The highest BCUT2D eigenvalue weighted by molar-refractivity contribution is 6.20. The van der Waals surface area contributed by atoms with Gasteiger partial charge in [0.25, 0.3) is 0 Å². The van der Waals surface area contributed by atoms with Gasteiger partial charge < -0.3 is 8.83 Å². The maximum atomic E-state index is 6.89. The van der Waals surface area contributed by atoms with Crippen LogP contribution in [0.5, 0.6) is 0 Å². The number of pyridine rings is 1. The summed E-state index contributed by atoms with van der Waals surface area (Å²) in [4.78, 5) is 20.6. The zero-order valence-corrected chi connectivity index (χ0v) is 30.9. The molecule has 6 heteroatoms. The molecule has 4 aromatic heterocycles. The molecule has 8 aromatic carbocycles. The van der Waals surface area contributed by atoms with Gasteiger partial charge in [-0.3, -0.25) is 4.98 Å². The maximum absolute atomic E-state index is 6.89. The first kappa shape index (κ1) is 32.3. The van der Waals surface area contributed by atoms with Crippen LogP contribution in [0.25, 0.3) is 122 Å². The number of benzene rings is 8. The zero-order valence-electron chi connectivity index (χ0n) is 30.9. The van der Waals surface area contributed by atoms with E-state index in [0.29, 0.717) is 17.5 Å². The van der Waals surface area contributed by atoms with Gasteiger partial charge in [-0.1, -0.05) is 127 Å². The van der Waals surface area contributed by atoms with Crippen molar-refractivity contribution in [1.82, 2.24) is 19.9 Å². The highest BCUT2D eigenvalue weighted by Crippen LogP contribution is 2.46. The lowest BCUT2D eigenvalue weighted by Gasteiger charge is -2.15. The molecule has 0 aliphatic carbocycles. The molecule has 58 heavy (non-hydrogen) atoms. The quantitative estimate of drug-likeness (QED) is 0.175. The molecule has 12 rings (SSSR count). The van der Waals surface area contributed by atoms with Gasteiger partial charge in [-0.15, -0.1) is 0 Å². The summed E-state index contributed by atoms with van der Waals surface area (Å²) in [6.45, 7) is 0. The highest BCUT2D eigenvalue weighted by Gasteiger charge is 2.23. The Kier molecular flexibility index (Phi) is 7.13. The Morgan fingerprint density at radius 2 is 1.00 bits per heavy atom. The van der Waals surface area contributed by atoms with Crippen LogP contribution in [0, 0.1) is 0 Å². The van der Waals surface area contributed by atoms with E-state index in [9.17, 15) is 0 Å². The third-order valence-electron chi connectivity index (χ3n) is 11.2. The van der Waals surface area contributed by atoms with Gasteiger partial charge >= 0.3 is 0 Å². The van der Waals surface area contributed by atoms with E-state index < -0.39 is 0 Å². The second-order valence-corrected chi connectivity index (χ2v) is 14.6. The SMILES string of the molecule is c1ccc(-c2nc(-c3cc4ccccc4cc3-c3ccc(-c4ccccc4)c4oc5cc6cccnc6cc5c34)nc(-c3cccc4oc5ccccc5c34)n2)cc1. The largest absolute Gasteiger partial charge is 0.456 e. The minimum absolute atomic E-state index is 0.564. The standard InChI is InChI=1S/C52H30N4O2/c1-3-13-31(14-4-1)36-24-25-37(48-42-30-43-35(19-12-26-53-43)29-46(42)58-49(36)48)40-27-33-17-7-8-18-34(33)28-41(40)52-55-50(32-15-5-2-6-16-32)54-51(56-52)39-21-11-23-45-47(39)38-20-9-10-22-44(38)57-45/h1-30H. The third kappa shape index (κ3) is 5.12. The van der Waals surface area contributed by atoms with Crippen molar-refractivity contribution >= 4 is 65.6 Å². The normalized spacial score (nSPS) is 11.8. The summed E-state index contributed by atoms with van der Waals surface area (Å²) in [5.74, 6) is 1.71. The van der Waals surface area contributed by atoms with Crippen LogP contribution in [0.4, 0.5) is 0 Å². The van der Waals surface area contributed by atoms with Gasteiger partial charge in [-0.25, -0.2) is 15.0 Å². The van der Waals surface area contributed by atoms with Crippen LogP contribution in [-0.2, 0) is 0 Å². The molecule has 0 fully saturated rings. The first-order valence-corrected chi connectivity index (χ1v) is 19.3. The number of fused-ring (bicyclic) bond motifs is 8. The number of para-hydroxylation sites is 1. The average Bonchev–Trinajstić information content (AvgIpc) is 3.86. The molecule has 4 heterocycles. The second-order valence-electron chi connectivity index (χ2n) is 14.6. The lowest BCUT2D eigenvalue weighted by atomic mass is 9.90. The van der Waals surface area contributed by atoms with Crippen molar-refractivity contribution in [2.45, 2.75) is 0 Å². The van der Waals surface area contributed by atoms with Gasteiger partial charge in [-0.05, 0) is 76.0 Å². The lowest BCUT2D eigenvalue weighted by Crippen LogP contribution is -2.01. The van der Waals surface area contributed by atoms with E-state index in [0.717, 1.165) is 104 Å². The zero-order chi connectivity index (χ0) is 38.2. The summed E-state index contributed by atoms with van der Waals surface area (Å²) in [5.41, 5.74) is 10.9. The number of hydrogen-bond donors (Lipinski definition) is 0. The Balaban J connectivity index is 1.18. The predicted octanol–water partition coefficient (Wildman–Crippen LogP) is 13.7. The molecule has 6 nitrogen and oxygen atoms in total. The van der Waals surface area contributed by atoms with Crippen molar-refractivity contribution in [3.05, 3.63) is 182 Å². The van der Waals surface area contributed by atoms with E-state index in [1.165, 1.54) is 0 Å². The number of nitrogens with zero attached hydrogens (tertiary/aromatic N) is 4. The Labute approximate surface area is 331 Å². The van der Waals surface area contributed by atoms with Gasteiger partial charge in [-0.2, -0.15) is 0 Å². The maximum Gasteiger partial charge on any atom is 0.164 e. The molecule has 0 N–H and O–H groups in total. The Bertz CT molecular complexity index is 3570. The molecule has 0 amide bonds. The van der Waals surface area contributed by atoms with Crippen LogP contribution >= 0.6 is 0 Å². The van der Waals surface area contributed by atoms with E-state index in [2.05, 4.69) is 103 Å². The second kappa shape index (κ2) is 12.8. The summed E-state index contributed by atoms with van der Waals surface area (Å²) in [5, 5.41) is 7.19. The number of aromatic nitrogens is 4. The topological polar surface area (TPSA) is 77.8 Å². The van der Waals surface area contributed by atoms with Gasteiger partial charge in [0.2, 0.25) is 0 Å². The predicted molar refractivity (Wildman–Crippen MR) is 234 cm³/mol. The third-order valence-corrected chi connectivity index (χ3v) is 11.2. The van der Waals surface area contributed by atoms with Gasteiger partial charge in [0.05, 0.1) is 5.52 Å². The molecule has 0 spiro atoms. The van der Waals surface area contributed by atoms with E-state index in [4.69, 9.17) is 28.8 Å². The first-order chi connectivity index (χ1) is 28.7. The van der Waals surface area contributed by atoms with Crippen LogP contribution in [0.2, 0.25) is 0 Å². The molecule has 0 radical (unpaired) electrons. The number of furan rings is 2. The fraction of sp³-hybridized carbons (Fsp3) is 0. The van der Waals surface area contributed by atoms with Crippen LogP contribution in [0.1, 0.15) is 0 Å². The van der Waals surface area contributed by atoms with Crippen LogP contribution < -0.4 is 0 Å². The summed E-state index contributed by atoms with van der Waals surface area (Å²) < 4.78 is 13.2.